The number of nitriles is 1. The molecule has 0 spiro atoms. The van der Waals surface area contributed by atoms with Crippen LogP contribution < -0.4 is 0 Å². The standard InChI is InChI=1S/C13H9N5/c14-8-7-12-16-10-4-1-2-5-11(10)18(12)13-6-3-9-15-17-13/h1-6,9H,7H2. The van der Waals surface area contributed by atoms with Crippen molar-refractivity contribution < 1.29 is 0 Å². The van der Waals surface area contributed by atoms with Crippen LogP contribution in [0.2, 0.25) is 0 Å². The van der Waals surface area contributed by atoms with Gasteiger partial charge in [-0.1, -0.05) is 12.1 Å². The number of fused-ring (bicyclic) bond motifs is 1. The van der Waals surface area contributed by atoms with Crippen molar-refractivity contribution in [1.82, 2.24) is 19.7 Å². The predicted molar refractivity (Wildman–Crippen MR) is 66.0 cm³/mol. The number of nitrogens with zero attached hydrogens (tertiary/aromatic N) is 5. The van der Waals surface area contributed by atoms with Crippen LogP contribution in [0, 0.1) is 11.3 Å². The van der Waals surface area contributed by atoms with Crippen molar-refractivity contribution in [2.45, 2.75) is 6.42 Å². The van der Waals surface area contributed by atoms with Gasteiger partial charge in [0.25, 0.3) is 0 Å². The molecule has 2 aromatic heterocycles. The number of rotatable bonds is 2. The van der Waals surface area contributed by atoms with E-state index in [0.29, 0.717) is 11.6 Å². The minimum atomic E-state index is 0.241. The van der Waals surface area contributed by atoms with Gasteiger partial charge in [-0.3, -0.25) is 4.57 Å². The van der Waals surface area contributed by atoms with E-state index < -0.39 is 0 Å². The molecule has 1 aromatic carbocycles. The minimum Gasteiger partial charge on any atom is -0.278 e. The second-order valence-electron chi connectivity index (χ2n) is 3.77. The molecule has 3 rings (SSSR count). The molecule has 0 fully saturated rings. The second kappa shape index (κ2) is 4.26. The molecule has 0 atom stereocenters. The molecule has 5 heteroatoms. The zero-order valence-electron chi connectivity index (χ0n) is 9.48. The van der Waals surface area contributed by atoms with E-state index in [4.69, 9.17) is 5.26 Å². The Hall–Kier alpha value is -2.74. The van der Waals surface area contributed by atoms with Crippen LogP contribution in [0.1, 0.15) is 5.82 Å². The quantitative estimate of drug-likeness (QED) is 0.680. The van der Waals surface area contributed by atoms with E-state index in [1.54, 1.807) is 6.20 Å². The van der Waals surface area contributed by atoms with Gasteiger partial charge >= 0.3 is 0 Å². The molecule has 0 bridgehead atoms. The molecule has 0 unspecified atom stereocenters. The number of hydrogen-bond acceptors (Lipinski definition) is 4. The van der Waals surface area contributed by atoms with E-state index in [2.05, 4.69) is 21.3 Å². The number of aromatic nitrogens is 4. The molecule has 0 saturated heterocycles. The molecule has 2 heterocycles. The largest absolute Gasteiger partial charge is 0.278 e. The maximum atomic E-state index is 8.88. The van der Waals surface area contributed by atoms with Gasteiger partial charge in [-0.15, -0.1) is 5.10 Å². The lowest BCUT2D eigenvalue weighted by molar-refractivity contribution is 0.877. The van der Waals surface area contributed by atoms with Crippen molar-refractivity contribution in [1.29, 1.82) is 5.26 Å². The summed E-state index contributed by atoms with van der Waals surface area (Å²) in [7, 11) is 0. The summed E-state index contributed by atoms with van der Waals surface area (Å²) < 4.78 is 1.87. The first kappa shape index (κ1) is 10.4. The lowest BCUT2D eigenvalue weighted by Crippen LogP contribution is -2.03. The Bertz CT molecular complexity index is 724. The van der Waals surface area contributed by atoms with Crippen LogP contribution >= 0.6 is 0 Å². The fraction of sp³-hybridized carbons (Fsp3) is 0.0769. The van der Waals surface area contributed by atoms with Crippen molar-refractivity contribution in [3.05, 3.63) is 48.4 Å². The van der Waals surface area contributed by atoms with Gasteiger partial charge < -0.3 is 0 Å². The SMILES string of the molecule is N#CCc1nc2ccccc2n1-c1cccnn1. The van der Waals surface area contributed by atoms with Crippen molar-refractivity contribution >= 4 is 11.0 Å². The number of para-hydroxylation sites is 2. The minimum absolute atomic E-state index is 0.241. The summed E-state index contributed by atoms with van der Waals surface area (Å²) in [6.07, 6.45) is 1.86. The first-order valence-electron chi connectivity index (χ1n) is 5.51. The molecule has 0 saturated carbocycles. The summed E-state index contributed by atoms with van der Waals surface area (Å²) in [5.74, 6) is 1.36. The van der Waals surface area contributed by atoms with E-state index in [-0.39, 0.29) is 6.42 Å². The fourth-order valence-electron chi connectivity index (χ4n) is 1.93. The van der Waals surface area contributed by atoms with Gasteiger partial charge in [0.2, 0.25) is 0 Å². The third kappa shape index (κ3) is 1.60. The van der Waals surface area contributed by atoms with Gasteiger partial charge in [0.1, 0.15) is 5.82 Å². The van der Waals surface area contributed by atoms with Crippen LogP contribution in [-0.4, -0.2) is 19.7 Å². The lowest BCUT2D eigenvalue weighted by atomic mass is 10.3. The Morgan fingerprint density at radius 2 is 2.06 bits per heavy atom. The Morgan fingerprint density at radius 1 is 1.17 bits per heavy atom. The second-order valence-corrected chi connectivity index (χ2v) is 3.77. The average Bonchev–Trinajstić information content (AvgIpc) is 2.78. The molecule has 0 radical (unpaired) electrons. The molecular weight excluding hydrogens is 226 g/mol. The van der Waals surface area contributed by atoms with Crippen LogP contribution in [0.4, 0.5) is 0 Å². The van der Waals surface area contributed by atoms with E-state index in [9.17, 15) is 0 Å². The van der Waals surface area contributed by atoms with E-state index in [0.717, 1.165) is 11.0 Å². The normalized spacial score (nSPS) is 10.4. The molecule has 0 amide bonds. The van der Waals surface area contributed by atoms with Crippen LogP contribution in [0.3, 0.4) is 0 Å². The van der Waals surface area contributed by atoms with Crippen LogP contribution in [0.15, 0.2) is 42.6 Å². The van der Waals surface area contributed by atoms with Crippen molar-refractivity contribution in [3.8, 4) is 11.9 Å². The van der Waals surface area contributed by atoms with Crippen LogP contribution in [-0.2, 0) is 6.42 Å². The van der Waals surface area contributed by atoms with Crippen molar-refractivity contribution in [2.24, 2.45) is 0 Å². The zero-order chi connectivity index (χ0) is 12.4. The number of hydrogen-bond donors (Lipinski definition) is 0. The summed E-state index contributed by atoms with van der Waals surface area (Å²) >= 11 is 0. The topological polar surface area (TPSA) is 67.4 Å². The average molecular weight is 235 g/mol. The third-order valence-electron chi connectivity index (χ3n) is 2.65. The highest BCUT2D eigenvalue weighted by Crippen LogP contribution is 2.19. The maximum Gasteiger partial charge on any atom is 0.161 e. The van der Waals surface area contributed by atoms with E-state index in [1.165, 1.54) is 0 Å². The smallest absolute Gasteiger partial charge is 0.161 e. The molecule has 0 aliphatic carbocycles. The summed E-state index contributed by atoms with van der Waals surface area (Å²) in [4.78, 5) is 4.45. The first-order valence-corrected chi connectivity index (χ1v) is 5.51. The highest BCUT2D eigenvalue weighted by atomic mass is 15.2. The molecule has 0 N–H and O–H groups in total. The first-order chi connectivity index (χ1) is 8.90. The Kier molecular flexibility index (Phi) is 2.47. The van der Waals surface area contributed by atoms with Gasteiger partial charge in [0.05, 0.1) is 23.5 Å². The monoisotopic (exact) mass is 235 g/mol. The third-order valence-corrected chi connectivity index (χ3v) is 2.65. The van der Waals surface area contributed by atoms with Crippen molar-refractivity contribution in [2.75, 3.05) is 0 Å². The molecule has 3 aromatic rings. The highest BCUT2D eigenvalue weighted by molar-refractivity contribution is 5.77. The number of imidazole rings is 1. The molecule has 0 aliphatic heterocycles. The van der Waals surface area contributed by atoms with E-state index >= 15 is 0 Å². The van der Waals surface area contributed by atoms with Gasteiger partial charge in [0.15, 0.2) is 5.82 Å². The van der Waals surface area contributed by atoms with Gasteiger partial charge in [-0.05, 0) is 24.3 Å². The summed E-state index contributed by atoms with van der Waals surface area (Å²) in [5, 5.41) is 16.8. The maximum absolute atomic E-state index is 8.88. The van der Waals surface area contributed by atoms with E-state index in [1.807, 2.05) is 41.0 Å². The predicted octanol–water partition coefficient (Wildman–Crippen LogP) is 1.88. The molecule has 86 valence electrons. The molecular formula is C13H9N5. The summed E-state index contributed by atoms with van der Waals surface area (Å²) in [6, 6.07) is 13.5. The van der Waals surface area contributed by atoms with Gasteiger partial charge in [0, 0.05) is 6.20 Å². The van der Waals surface area contributed by atoms with Gasteiger partial charge in [-0.2, -0.15) is 10.4 Å². The number of benzene rings is 1. The molecule has 0 aliphatic rings. The highest BCUT2D eigenvalue weighted by Gasteiger charge is 2.12. The lowest BCUT2D eigenvalue weighted by Gasteiger charge is -2.04. The Labute approximate surface area is 103 Å². The zero-order valence-corrected chi connectivity index (χ0v) is 9.48. The van der Waals surface area contributed by atoms with Gasteiger partial charge in [-0.25, -0.2) is 4.98 Å². The molecule has 18 heavy (non-hydrogen) atoms. The summed E-state index contributed by atoms with van der Waals surface area (Å²) in [6.45, 7) is 0. The Balaban J connectivity index is 2.32. The van der Waals surface area contributed by atoms with Crippen molar-refractivity contribution in [3.63, 3.8) is 0 Å². The Morgan fingerprint density at radius 3 is 2.83 bits per heavy atom. The fourth-order valence-corrected chi connectivity index (χ4v) is 1.93. The summed E-state index contributed by atoms with van der Waals surface area (Å²) in [5.41, 5.74) is 1.79. The molecule has 5 nitrogen and oxygen atoms in total. The van der Waals surface area contributed by atoms with Crippen LogP contribution in [0.5, 0.6) is 0 Å². The van der Waals surface area contributed by atoms with Crippen LogP contribution in [0.25, 0.3) is 16.9 Å².